The topological polar surface area (TPSA) is 31.9 Å². The van der Waals surface area contributed by atoms with Crippen LogP contribution in [0.25, 0.3) is 0 Å². The van der Waals surface area contributed by atoms with Gasteiger partial charge in [0.15, 0.2) is 0 Å². The molecule has 0 bridgehead atoms. The van der Waals surface area contributed by atoms with E-state index in [1.165, 1.54) is 11.3 Å². The van der Waals surface area contributed by atoms with Crippen LogP contribution in [0.1, 0.15) is 11.3 Å². The Morgan fingerprint density at radius 2 is 2.60 bits per heavy atom. The van der Waals surface area contributed by atoms with Gasteiger partial charge in [0, 0.05) is 12.1 Å². The Bertz CT molecular complexity index is 212. The average molecular weight is 155 g/mol. The highest BCUT2D eigenvalue weighted by Gasteiger charge is 2.18. The van der Waals surface area contributed by atoms with E-state index in [9.17, 15) is 0 Å². The van der Waals surface area contributed by atoms with Gasteiger partial charge < -0.3 is 0 Å². The van der Waals surface area contributed by atoms with Gasteiger partial charge in [0.2, 0.25) is 0 Å². The van der Waals surface area contributed by atoms with E-state index in [0.717, 1.165) is 13.1 Å². The van der Waals surface area contributed by atoms with Gasteiger partial charge in [0.1, 0.15) is 0 Å². The van der Waals surface area contributed by atoms with Gasteiger partial charge in [-0.05, 0) is 6.26 Å². The molecule has 2 rings (SSSR count). The lowest BCUT2D eigenvalue weighted by Gasteiger charge is -2.08. The quantitative estimate of drug-likeness (QED) is 0.614. The smallest absolute Gasteiger partial charge is 0.0547 e. The van der Waals surface area contributed by atoms with E-state index in [1.807, 2.05) is 6.20 Å². The highest BCUT2D eigenvalue weighted by molar-refractivity contribution is 7.96. The molecule has 1 N–H and O–H groups in total. The minimum absolute atomic E-state index is 1.01. The number of fused-ring (bicyclic) bond motifs is 1. The summed E-state index contributed by atoms with van der Waals surface area (Å²) in [4.78, 5) is 0. The molecule has 1 aromatic heterocycles. The molecule has 10 heavy (non-hydrogen) atoms. The van der Waals surface area contributed by atoms with Crippen LogP contribution in [0.4, 0.5) is 0 Å². The fourth-order valence-corrected chi connectivity index (χ4v) is 1.69. The molecule has 0 amide bonds. The van der Waals surface area contributed by atoms with E-state index in [0.29, 0.717) is 0 Å². The van der Waals surface area contributed by atoms with Crippen molar-refractivity contribution in [1.29, 1.82) is 0 Å². The summed E-state index contributed by atoms with van der Waals surface area (Å²) in [5, 5.41) is 6.93. The van der Waals surface area contributed by atoms with Gasteiger partial charge in [-0.2, -0.15) is 5.10 Å². The Labute approximate surface area is 63.9 Å². The molecule has 4 heteroatoms. The summed E-state index contributed by atoms with van der Waals surface area (Å²) in [6, 6.07) is 0. The average Bonchev–Trinajstić information content (AvgIpc) is 2.42. The normalized spacial score (nSPS) is 17.7. The minimum Gasteiger partial charge on any atom is -0.281 e. The first kappa shape index (κ1) is 6.24. The Balaban J connectivity index is 2.21. The zero-order valence-corrected chi connectivity index (χ0v) is 6.61. The summed E-state index contributed by atoms with van der Waals surface area (Å²) in [5.41, 5.74) is 2.61. The van der Waals surface area contributed by atoms with Gasteiger partial charge in [0.05, 0.1) is 18.4 Å². The maximum atomic E-state index is 3.95. The lowest BCUT2D eigenvalue weighted by molar-refractivity contribution is 0.502. The van der Waals surface area contributed by atoms with Crippen molar-refractivity contribution in [3.05, 3.63) is 17.5 Å². The summed E-state index contributed by atoms with van der Waals surface area (Å²) in [5.74, 6) is 0. The molecule has 0 spiro atoms. The molecule has 0 fully saturated rings. The van der Waals surface area contributed by atoms with Gasteiger partial charge in [-0.25, -0.2) is 4.31 Å². The van der Waals surface area contributed by atoms with Crippen LogP contribution < -0.4 is 0 Å². The monoisotopic (exact) mass is 155 g/mol. The van der Waals surface area contributed by atoms with E-state index in [2.05, 4.69) is 20.8 Å². The second-order valence-electron chi connectivity index (χ2n) is 2.35. The molecular weight excluding hydrogens is 146 g/mol. The SMILES string of the molecule is CSN1Cc2cn[nH]c2C1. The van der Waals surface area contributed by atoms with Crippen LogP contribution >= 0.6 is 11.9 Å². The van der Waals surface area contributed by atoms with Crippen LogP contribution in [0.15, 0.2) is 6.20 Å². The van der Waals surface area contributed by atoms with Gasteiger partial charge in [-0.15, -0.1) is 0 Å². The molecule has 0 saturated carbocycles. The second kappa shape index (κ2) is 2.29. The number of aromatic nitrogens is 2. The molecule has 0 aliphatic carbocycles. The minimum atomic E-state index is 1.01. The van der Waals surface area contributed by atoms with Crippen molar-refractivity contribution in [2.75, 3.05) is 6.26 Å². The van der Waals surface area contributed by atoms with Crippen molar-refractivity contribution in [2.45, 2.75) is 13.1 Å². The predicted octanol–water partition coefficient (Wildman–Crippen LogP) is 1.00. The molecule has 54 valence electrons. The number of hydrogen-bond donors (Lipinski definition) is 1. The van der Waals surface area contributed by atoms with E-state index in [4.69, 9.17) is 0 Å². The molecule has 2 heterocycles. The van der Waals surface area contributed by atoms with Crippen LogP contribution in [0.3, 0.4) is 0 Å². The van der Waals surface area contributed by atoms with Crippen molar-refractivity contribution in [3.63, 3.8) is 0 Å². The summed E-state index contributed by atoms with van der Waals surface area (Å²) in [6.07, 6.45) is 4.00. The van der Waals surface area contributed by atoms with E-state index in [-0.39, 0.29) is 0 Å². The summed E-state index contributed by atoms with van der Waals surface area (Å²) >= 11 is 1.78. The Kier molecular flexibility index (Phi) is 1.43. The Morgan fingerprint density at radius 1 is 1.70 bits per heavy atom. The third kappa shape index (κ3) is 0.839. The van der Waals surface area contributed by atoms with Crippen LogP contribution in [0, 0.1) is 0 Å². The highest BCUT2D eigenvalue weighted by atomic mass is 32.2. The summed E-state index contributed by atoms with van der Waals surface area (Å²) in [6.45, 7) is 2.05. The molecule has 0 radical (unpaired) electrons. The maximum absolute atomic E-state index is 3.95. The van der Waals surface area contributed by atoms with Crippen LogP contribution in [0.5, 0.6) is 0 Å². The Hall–Kier alpha value is -0.480. The van der Waals surface area contributed by atoms with Crippen LogP contribution in [-0.4, -0.2) is 20.8 Å². The third-order valence-corrected chi connectivity index (χ3v) is 2.52. The second-order valence-corrected chi connectivity index (χ2v) is 3.24. The lowest BCUT2D eigenvalue weighted by atomic mass is 10.3. The zero-order valence-electron chi connectivity index (χ0n) is 5.79. The number of nitrogens with one attached hydrogen (secondary N) is 1. The first-order valence-electron chi connectivity index (χ1n) is 3.20. The number of nitrogens with zero attached hydrogens (tertiary/aromatic N) is 2. The fourth-order valence-electron chi connectivity index (χ4n) is 1.16. The molecular formula is C6H9N3S. The summed E-state index contributed by atoms with van der Waals surface area (Å²) < 4.78 is 2.29. The molecule has 1 aliphatic heterocycles. The molecule has 0 unspecified atom stereocenters. The lowest BCUT2D eigenvalue weighted by Crippen LogP contribution is -2.05. The first-order valence-corrected chi connectivity index (χ1v) is 4.38. The van der Waals surface area contributed by atoms with Crippen molar-refractivity contribution in [1.82, 2.24) is 14.5 Å². The molecule has 1 aliphatic rings. The number of rotatable bonds is 1. The molecule has 1 aromatic rings. The molecule has 0 aromatic carbocycles. The van der Waals surface area contributed by atoms with E-state index < -0.39 is 0 Å². The fraction of sp³-hybridized carbons (Fsp3) is 0.500. The van der Waals surface area contributed by atoms with Crippen LogP contribution in [-0.2, 0) is 13.1 Å². The highest BCUT2D eigenvalue weighted by Crippen LogP contribution is 2.24. The van der Waals surface area contributed by atoms with Gasteiger partial charge >= 0.3 is 0 Å². The van der Waals surface area contributed by atoms with Crippen molar-refractivity contribution >= 4 is 11.9 Å². The Morgan fingerprint density at radius 3 is 3.30 bits per heavy atom. The first-order chi connectivity index (χ1) is 4.90. The van der Waals surface area contributed by atoms with Gasteiger partial charge in [0.25, 0.3) is 0 Å². The van der Waals surface area contributed by atoms with E-state index in [1.54, 1.807) is 11.9 Å². The zero-order chi connectivity index (χ0) is 6.97. The molecule has 3 nitrogen and oxygen atoms in total. The van der Waals surface area contributed by atoms with E-state index >= 15 is 0 Å². The summed E-state index contributed by atoms with van der Waals surface area (Å²) in [7, 11) is 0. The van der Waals surface area contributed by atoms with Crippen LogP contribution in [0.2, 0.25) is 0 Å². The molecule has 0 saturated heterocycles. The third-order valence-electron chi connectivity index (χ3n) is 1.75. The van der Waals surface area contributed by atoms with Gasteiger partial charge in [-0.3, -0.25) is 5.10 Å². The predicted molar refractivity (Wildman–Crippen MR) is 41.3 cm³/mol. The number of hydrogen-bond acceptors (Lipinski definition) is 3. The van der Waals surface area contributed by atoms with Gasteiger partial charge in [-0.1, -0.05) is 11.9 Å². The van der Waals surface area contributed by atoms with Crippen molar-refractivity contribution in [3.8, 4) is 0 Å². The standard InChI is InChI=1S/C6H9N3S/c1-10-9-3-5-2-7-8-6(5)4-9/h2H,3-4H2,1H3,(H,7,8). The number of aromatic amines is 1. The van der Waals surface area contributed by atoms with Crippen molar-refractivity contribution < 1.29 is 0 Å². The number of H-pyrrole nitrogens is 1. The largest absolute Gasteiger partial charge is 0.281 e. The maximum Gasteiger partial charge on any atom is 0.0547 e. The molecule has 0 atom stereocenters. The van der Waals surface area contributed by atoms with Crippen molar-refractivity contribution in [2.24, 2.45) is 0 Å².